The standard InChI is InChI=1S/C18H24N2.C15H15N4.C2H6N.2CH2Cl2.Zr/c1-17(2,3)13-7-9-19-15(11-13)16-12-14(8-10-20-16)18(4,5)6;1-4-13(16-7-1)10-19(11-14-5-2-8-17-14)12-15-6-3-9-18-15;1-3-2;2*2-1-3;/h7-12H,1-6H3;1-9H,10-12H2;1-2H3;2*1H2;/q;-3;-1;;;+4. The number of hydrogen-bond donors (Lipinski definition) is 0. The Morgan fingerprint density at radius 2 is 0.878 bits per heavy atom. The van der Waals surface area contributed by atoms with E-state index in [1.165, 1.54) is 11.1 Å². The number of alkyl halides is 4. The summed E-state index contributed by atoms with van der Waals surface area (Å²) >= 11 is 19.1. The molecule has 0 atom stereocenters. The number of rotatable bonds is 7. The zero-order valence-corrected chi connectivity index (χ0v) is 35.3. The van der Waals surface area contributed by atoms with E-state index in [9.17, 15) is 0 Å². The second kappa shape index (κ2) is 26.0. The van der Waals surface area contributed by atoms with Gasteiger partial charge in [0.15, 0.2) is 0 Å². The van der Waals surface area contributed by atoms with Gasteiger partial charge in [-0.1, -0.05) is 77.9 Å². The summed E-state index contributed by atoms with van der Waals surface area (Å²) in [6.45, 7) is 15.7. The molecular weight excluding hydrogens is 775 g/mol. The van der Waals surface area contributed by atoms with Crippen LogP contribution < -0.4 is 15.0 Å². The van der Waals surface area contributed by atoms with E-state index in [1.54, 1.807) is 14.1 Å². The van der Waals surface area contributed by atoms with Gasteiger partial charge in [0.1, 0.15) is 0 Å². The molecule has 0 spiro atoms. The molecule has 12 heteroatoms. The number of hydrogen-bond acceptors (Lipinski definition) is 3. The average molecular weight is 825 g/mol. The minimum atomic E-state index is 0. The van der Waals surface area contributed by atoms with Crippen LogP contribution in [0.2, 0.25) is 0 Å². The smallest absolute Gasteiger partial charge is 0.668 e. The van der Waals surface area contributed by atoms with Crippen LogP contribution in [0.1, 0.15) is 69.8 Å². The van der Waals surface area contributed by atoms with Gasteiger partial charge < -0.3 is 20.3 Å². The van der Waals surface area contributed by atoms with E-state index in [0.29, 0.717) is 0 Å². The summed E-state index contributed by atoms with van der Waals surface area (Å²) in [5, 5.41) is 3.89. The van der Waals surface area contributed by atoms with Crippen LogP contribution >= 0.6 is 46.4 Å². The zero-order valence-electron chi connectivity index (χ0n) is 29.8. The molecule has 0 bridgehead atoms. The van der Waals surface area contributed by atoms with Gasteiger partial charge in [0.05, 0.1) is 22.1 Å². The molecule has 7 nitrogen and oxygen atoms in total. The summed E-state index contributed by atoms with van der Waals surface area (Å²) in [6.07, 6.45) is 9.24. The van der Waals surface area contributed by atoms with Crippen molar-refractivity contribution in [3.8, 4) is 11.4 Å². The molecule has 0 aromatic carbocycles. The first-order valence-electron chi connectivity index (χ1n) is 15.4. The number of pyridine rings is 2. The first-order valence-corrected chi connectivity index (χ1v) is 17.5. The number of nitrogens with zero attached hydrogens (tertiary/aromatic N) is 7. The second-order valence-corrected chi connectivity index (χ2v) is 14.2. The van der Waals surface area contributed by atoms with Crippen LogP contribution in [0.25, 0.3) is 16.7 Å². The molecule has 0 N–H and O–H groups in total. The molecule has 0 aliphatic rings. The van der Waals surface area contributed by atoms with E-state index in [4.69, 9.17) is 46.4 Å². The normalized spacial score (nSPS) is 10.6. The number of halogens is 4. The third-order valence-corrected chi connectivity index (χ3v) is 6.52. The van der Waals surface area contributed by atoms with Crippen LogP contribution in [0, 0.1) is 0 Å². The summed E-state index contributed by atoms with van der Waals surface area (Å²) in [7, 11) is 3.50. The monoisotopic (exact) mass is 821 g/mol. The van der Waals surface area contributed by atoms with Crippen LogP contribution in [0.5, 0.6) is 0 Å². The Morgan fingerprint density at radius 1 is 0.592 bits per heavy atom. The molecule has 0 amide bonds. The van der Waals surface area contributed by atoms with Crippen molar-refractivity contribution >= 4 is 46.4 Å². The Balaban J connectivity index is 0.000000746. The molecule has 0 saturated heterocycles. The fourth-order valence-corrected chi connectivity index (χ4v) is 4.22. The van der Waals surface area contributed by atoms with Crippen LogP contribution in [-0.4, -0.2) is 39.6 Å². The predicted molar refractivity (Wildman–Crippen MR) is 205 cm³/mol. The molecule has 5 heterocycles. The predicted octanol–water partition coefficient (Wildman–Crippen LogP) is 9.96. The third kappa shape index (κ3) is 19.9. The Kier molecular flexibility index (Phi) is 25.0. The van der Waals surface area contributed by atoms with E-state index >= 15 is 0 Å². The molecule has 5 aromatic rings. The molecule has 0 saturated carbocycles. The van der Waals surface area contributed by atoms with Crippen molar-refractivity contribution in [1.82, 2.24) is 29.8 Å². The first-order chi connectivity index (χ1) is 22.8. The molecule has 0 aliphatic heterocycles. The van der Waals surface area contributed by atoms with Gasteiger partial charge in [-0.2, -0.15) is 32.7 Å². The minimum absolute atomic E-state index is 0. The Labute approximate surface area is 333 Å². The largest absolute Gasteiger partial charge is 4.00 e. The maximum absolute atomic E-state index is 4.76. The Bertz CT molecular complexity index is 1320. The second-order valence-electron chi connectivity index (χ2n) is 12.5. The van der Waals surface area contributed by atoms with E-state index in [0.717, 1.165) is 48.1 Å². The Morgan fingerprint density at radius 3 is 1.10 bits per heavy atom. The zero-order chi connectivity index (χ0) is 36.0. The van der Waals surface area contributed by atoms with Gasteiger partial charge in [0, 0.05) is 32.0 Å². The van der Waals surface area contributed by atoms with E-state index in [2.05, 4.69) is 101 Å². The molecular formula is C37H49Cl4N7Zr. The fourth-order valence-electron chi connectivity index (χ4n) is 4.22. The summed E-state index contributed by atoms with van der Waals surface area (Å²) in [6, 6.07) is 20.5. The van der Waals surface area contributed by atoms with E-state index < -0.39 is 0 Å². The third-order valence-electron chi connectivity index (χ3n) is 6.52. The molecule has 5 aromatic heterocycles. The van der Waals surface area contributed by atoms with Crippen LogP contribution in [-0.2, 0) is 56.7 Å². The summed E-state index contributed by atoms with van der Waals surface area (Å²) in [5.74, 6) is 0. The van der Waals surface area contributed by atoms with Gasteiger partial charge >= 0.3 is 26.2 Å². The molecule has 0 fully saturated rings. The molecule has 0 aliphatic carbocycles. The summed E-state index contributed by atoms with van der Waals surface area (Å²) < 4.78 is 0. The SMILES string of the molecule is CC(C)(C)c1ccnc(-c2cc(C(C)(C)C)ccn2)c1.C[N-]C.ClCCl.ClCCl.[Zr+4].c1c[n-]c(CN(Cc2ccc[n-]2)Cc2ccc[n-]2)c1. The number of aromatic nitrogens is 5. The van der Waals surface area contributed by atoms with Crippen molar-refractivity contribution in [3.05, 3.63) is 125 Å². The topological polar surface area (TPSA) is 85.4 Å². The molecule has 0 unspecified atom stereocenters. The van der Waals surface area contributed by atoms with Crippen molar-refractivity contribution in [1.29, 1.82) is 0 Å². The van der Waals surface area contributed by atoms with Crippen LogP contribution in [0.4, 0.5) is 0 Å². The fraction of sp³-hybridized carbons (Fsp3) is 0.405. The van der Waals surface area contributed by atoms with Crippen LogP contribution in [0.15, 0.2) is 91.6 Å². The summed E-state index contributed by atoms with van der Waals surface area (Å²) in [5.41, 5.74) is 7.95. The van der Waals surface area contributed by atoms with Gasteiger partial charge in [-0.05, 0) is 46.2 Å². The first kappa shape index (κ1) is 47.1. The van der Waals surface area contributed by atoms with E-state index in [-0.39, 0.29) is 47.7 Å². The van der Waals surface area contributed by atoms with Crippen LogP contribution in [0.3, 0.4) is 0 Å². The molecule has 0 radical (unpaired) electrons. The van der Waals surface area contributed by atoms with Gasteiger partial charge in [-0.15, -0.1) is 63.5 Å². The van der Waals surface area contributed by atoms with Gasteiger partial charge in [-0.3, -0.25) is 14.9 Å². The summed E-state index contributed by atoms with van der Waals surface area (Å²) in [4.78, 5) is 24.3. The maximum atomic E-state index is 4.76. The van der Waals surface area contributed by atoms with Gasteiger partial charge in [0.25, 0.3) is 0 Å². The quantitative estimate of drug-likeness (QED) is 0.152. The van der Waals surface area contributed by atoms with E-state index in [1.807, 2.05) is 67.4 Å². The van der Waals surface area contributed by atoms with Crippen molar-refractivity contribution in [2.45, 2.75) is 72.0 Å². The Hall–Kier alpha value is -1.90. The maximum Gasteiger partial charge on any atom is 4.00 e. The average Bonchev–Trinajstić information content (AvgIpc) is 3.84. The van der Waals surface area contributed by atoms with Gasteiger partial charge in [0.2, 0.25) is 0 Å². The van der Waals surface area contributed by atoms with Crippen molar-refractivity contribution in [2.24, 2.45) is 0 Å². The minimum Gasteiger partial charge on any atom is -0.668 e. The van der Waals surface area contributed by atoms with Crippen molar-refractivity contribution in [2.75, 3.05) is 24.8 Å². The van der Waals surface area contributed by atoms with Crippen molar-refractivity contribution in [3.63, 3.8) is 0 Å². The molecule has 264 valence electrons. The molecule has 49 heavy (non-hydrogen) atoms. The van der Waals surface area contributed by atoms with Crippen molar-refractivity contribution < 1.29 is 26.2 Å². The van der Waals surface area contributed by atoms with Gasteiger partial charge in [-0.25, -0.2) is 0 Å². The molecule has 5 rings (SSSR count).